The summed E-state index contributed by atoms with van der Waals surface area (Å²) >= 11 is 1.36. The van der Waals surface area contributed by atoms with Gasteiger partial charge in [-0.25, -0.2) is 4.79 Å². The van der Waals surface area contributed by atoms with Crippen molar-refractivity contribution in [3.05, 3.63) is 51.9 Å². The molecule has 6 nitrogen and oxygen atoms in total. The molecule has 3 rings (SSSR count). The first-order valence-electron chi connectivity index (χ1n) is 8.96. The maximum Gasteiger partial charge on any atom is 0.410 e. The summed E-state index contributed by atoms with van der Waals surface area (Å²) in [5, 5.41) is 12.9. The molecule has 0 atom stereocenters. The van der Waals surface area contributed by atoms with Gasteiger partial charge in [-0.3, -0.25) is 4.79 Å². The monoisotopic (exact) mass is 383 g/mol. The van der Waals surface area contributed by atoms with Crippen molar-refractivity contribution in [2.75, 3.05) is 18.5 Å². The highest BCUT2D eigenvalue weighted by atomic mass is 32.1. The molecule has 7 heteroatoms. The van der Waals surface area contributed by atoms with Gasteiger partial charge in [-0.15, -0.1) is 11.3 Å². The van der Waals surface area contributed by atoms with Crippen LogP contribution in [-0.4, -0.2) is 30.1 Å². The molecule has 2 amide bonds. The van der Waals surface area contributed by atoms with Gasteiger partial charge in [-0.1, -0.05) is 31.5 Å². The number of unbranched alkanes of at least 4 members (excludes halogenated alkanes) is 1. The Kier molecular flexibility index (Phi) is 6.09. The van der Waals surface area contributed by atoms with Gasteiger partial charge in [0, 0.05) is 17.0 Å². The number of fused-ring (bicyclic) bond motifs is 1. The lowest BCUT2D eigenvalue weighted by molar-refractivity contribution is 0.0970. The van der Waals surface area contributed by atoms with Crippen LogP contribution < -0.4 is 5.32 Å². The van der Waals surface area contributed by atoms with E-state index in [1.807, 2.05) is 13.0 Å². The number of benzene rings is 1. The molecule has 2 heterocycles. The van der Waals surface area contributed by atoms with Gasteiger partial charge >= 0.3 is 6.09 Å². The summed E-state index contributed by atoms with van der Waals surface area (Å²) in [6.07, 6.45) is 2.07. The van der Waals surface area contributed by atoms with Crippen molar-refractivity contribution >= 4 is 28.3 Å². The highest BCUT2D eigenvalue weighted by Gasteiger charge is 2.28. The van der Waals surface area contributed by atoms with Gasteiger partial charge in [-0.2, -0.15) is 5.26 Å². The molecule has 0 bridgehead atoms. The molecule has 0 radical (unpaired) electrons. The molecule has 1 aromatic heterocycles. The normalized spacial score (nSPS) is 12.8. The van der Waals surface area contributed by atoms with Crippen molar-refractivity contribution in [3.63, 3.8) is 0 Å². The van der Waals surface area contributed by atoms with E-state index in [1.165, 1.54) is 11.3 Å². The summed E-state index contributed by atoms with van der Waals surface area (Å²) in [7, 11) is 0. The summed E-state index contributed by atoms with van der Waals surface area (Å²) in [5.41, 5.74) is 1.95. The number of amides is 2. The minimum Gasteiger partial charge on any atom is -0.449 e. The van der Waals surface area contributed by atoms with Crippen molar-refractivity contribution < 1.29 is 14.3 Å². The van der Waals surface area contributed by atoms with Crippen LogP contribution in [0.5, 0.6) is 0 Å². The molecular formula is C20H21N3O3S. The fourth-order valence-corrected chi connectivity index (χ4v) is 4.13. The number of nitriles is 1. The van der Waals surface area contributed by atoms with E-state index in [1.54, 1.807) is 29.2 Å². The highest BCUT2D eigenvalue weighted by molar-refractivity contribution is 7.16. The molecule has 0 saturated carbocycles. The van der Waals surface area contributed by atoms with E-state index >= 15 is 0 Å². The molecule has 0 aliphatic carbocycles. The van der Waals surface area contributed by atoms with Gasteiger partial charge < -0.3 is 15.0 Å². The van der Waals surface area contributed by atoms with Crippen LogP contribution in [0.4, 0.5) is 9.80 Å². The van der Waals surface area contributed by atoms with Gasteiger partial charge in [0.15, 0.2) is 0 Å². The molecule has 1 N–H and O–H groups in total. The predicted molar refractivity (Wildman–Crippen MR) is 104 cm³/mol. The van der Waals surface area contributed by atoms with Crippen molar-refractivity contribution in [2.45, 2.75) is 32.7 Å². The van der Waals surface area contributed by atoms with Crippen LogP contribution in [0.3, 0.4) is 0 Å². The van der Waals surface area contributed by atoms with E-state index in [9.17, 15) is 14.9 Å². The summed E-state index contributed by atoms with van der Waals surface area (Å²) in [6, 6.07) is 11.1. The maximum absolute atomic E-state index is 12.4. The van der Waals surface area contributed by atoms with E-state index in [-0.39, 0.29) is 12.0 Å². The molecule has 2 aromatic rings. The first kappa shape index (κ1) is 18.9. The van der Waals surface area contributed by atoms with Crippen molar-refractivity contribution in [1.29, 1.82) is 5.26 Å². The number of thiophene rings is 1. The zero-order valence-electron chi connectivity index (χ0n) is 15.2. The molecule has 140 valence electrons. The van der Waals surface area contributed by atoms with Crippen molar-refractivity contribution in [3.8, 4) is 6.07 Å². The molecule has 0 unspecified atom stereocenters. The third-order valence-electron chi connectivity index (χ3n) is 4.41. The van der Waals surface area contributed by atoms with Crippen LogP contribution in [-0.2, 0) is 17.7 Å². The Balaban J connectivity index is 1.74. The lowest BCUT2D eigenvalue weighted by atomic mass is 10.0. The Morgan fingerprint density at radius 1 is 1.33 bits per heavy atom. The second-order valence-electron chi connectivity index (χ2n) is 6.28. The molecule has 0 fully saturated rings. The number of nitrogens with one attached hydrogen (secondary N) is 1. The van der Waals surface area contributed by atoms with E-state index in [4.69, 9.17) is 4.74 Å². The lowest BCUT2D eigenvalue weighted by Gasteiger charge is -2.26. The van der Waals surface area contributed by atoms with Gasteiger partial charge in [0.2, 0.25) is 0 Å². The SMILES string of the molecule is CCCCOC(=O)N1CCc2c(sc(NC(=O)c3ccccc3)c2C#N)C1. The van der Waals surface area contributed by atoms with Gasteiger partial charge in [0.1, 0.15) is 11.1 Å². The first-order valence-corrected chi connectivity index (χ1v) is 9.78. The van der Waals surface area contributed by atoms with Crippen LogP contribution in [0.1, 0.15) is 46.1 Å². The molecule has 1 aliphatic heterocycles. The van der Waals surface area contributed by atoms with E-state index in [0.29, 0.717) is 42.2 Å². The number of rotatable bonds is 5. The fraction of sp³-hybridized carbons (Fsp3) is 0.350. The Morgan fingerprint density at radius 2 is 2.11 bits per heavy atom. The number of anilines is 1. The number of ether oxygens (including phenoxy) is 1. The second kappa shape index (κ2) is 8.69. The number of nitrogens with zero attached hydrogens (tertiary/aromatic N) is 2. The first-order chi connectivity index (χ1) is 13.1. The Morgan fingerprint density at radius 3 is 2.81 bits per heavy atom. The average molecular weight is 383 g/mol. The molecule has 1 aromatic carbocycles. The van der Waals surface area contributed by atoms with Gasteiger partial charge in [-0.05, 0) is 30.5 Å². The van der Waals surface area contributed by atoms with Crippen LogP contribution in [0.25, 0.3) is 0 Å². The van der Waals surface area contributed by atoms with Crippen molar-refractivity contribution in [2.24, 2.45) is 0 Å². The van der Waals surface area contributed by atoms with Crippen LogP contribution in [0.15, 0.2) is 30.3 Å². The molecule has 0 spiro atoms. The van der Waals surface area contributed by atoms with E-state index in [2.05, 4.69) is 11.4 Å². The molecule has 27 heavy (non-hydrogen) atoms. The Bertz CT molecular complexity index is 871. The largest absolute Gasteiger partial charge is 0.449 e. The summed E-state index contributed by atoms with van der Waals surface area (Å²) in [6.45, 7) is 3.38. The maximum atomic E-state index is 12.4. The number of carbonyl (C=O) groups excluding carboxylic acids is 2. The van der Waals surface area contributed by atoms with Crippen LogP contribution in [0.2, 0.25) is 0 Å². The minimum absolute atomic E-state index is 0.249. The Hall–Kier alpha value is -2.85. The van der Waals surface area contributed by atoms with E-state index in [0.717, 1.165) is 23.3 Å². The second-order valence-corrected chi connectivity index (χ2v) is 7.38. The minimum atomic E-state index is -0.323. The van der Waals surface area contributed by atoms with Gasteiger partial charge in [0.05, 0.1) is 18.7 Å². The average Bonchev–Trinajstić information content (AvgIpc) is 3.04. The summed E-state index contributed by atoms with van der Waals surface area (Å²) in [5.74, 6) is -0.249. The fourth-order valence-electron chi connectivity index (χ4n) is 2.93. The molecular weight excluding hydrogens is 362 g/mol. The predicted octanol–water partition coefficient (Wildman–Crippen LogP) is 4.17. The smallest absolute Gasteiger partial charge is 0.410 e. The number of carbonyl (C=O) groups is 2. The Labute approximate surface area is 162 Å². The van der Waals surface area contributed by atoms with Crippen LogP contribution in [0, 0.1) is 11.3 Å². The number of hydrogen-bond donors (Lipinski definition) is 1. The number of hydrogen-bond acceptors (Lipinski definition) is 5. The summed E-state index contributed by atoms with van der Waals surface area (Å²) < 4.78 is 5.28. The molecule has 0 saturated heterocycles. The quantitative estimate of drug-likeness (QED) is 0.786. The third-order valence-corrected chi connectivity index (χ3v) is 5.55. The third kappa shape index (κ3) is 4.29. The molecule has 1 aliphatic rings. The van der Waals surface area contributed by atoms with Gasteiger partial charge in [0.25, 0.3) is 5.91 Å². The standard InChI is InChI=1S/C20H21N3O3S/c1-2-3-11-26-20(25)23-10-9-15-16(12-21)19(27-17(15)13-23)22-18(24)14-7-5-4-6-8-14/h4-8H,2-3,9-11,13H2,1H3,(H,22,24). The van der Waals surface area contributed by atoms with Crippen LogP contribution >= 0.6 is 11.3 Å². The zero-order valence-corrected chi connectivity index (χ0v) is 16.0. The zero-order chi connectivity index (χ0) is 19.2. The van der Waals surface area contributed by atoms with E-state index < -0.39 is 0 Å². The highest BCUT2D eigenvalue weighted by Crippen LogP contribution is 2.37. The topological polar surface area (TPSA) is 82.4 Å². The van der Waals surface area contributed by atoms with Crippen molar-refractivity contribution in [1.82, 2.24) is 4.90 Å². The lowest BCUT2D eigenvalue weighted by Crippen LogP contribution is -2.36. The summed E-state index contributed by atoms with van der Waals surface area (Å²) in [4.78, 5) is 27.2.